The van der Waals surface area contributed by atoms with Crippen LogP contribution in [0.15, 0.2) is 46.6 Å². The zero-order valence-electron chi connectivity index (χ0n) is 20.8. The molecule has 35 heavy (non-hydrogen) atoms. The van der Waals surface area contributed by atoms with Crippen molar-refractivity contribution in [3.63, 3.8) is 0 Å². The Labute approximate surface area is 213 Å². The topological polar surface area (TPSA) is 73.3 Å². The van der Waals surface area contributed by atoms with Crippen molar-refractivity contribution >= 4 is 28.8 Å². The number of nitrogens with zero attached hydrogens (tertiary/aromatic N) is 6. The number of anilines is 1. The number of halogens is 1. The lowest BCUT2D eigenvalue weighted by Gasteiger charge is -2.48. The highest BCUT2D eigenvalue weighted by atomic mass is 35.5. The first kappa shape index (κ1) is 24.2. The first-order chi connectivity index (χ1) is 17.0. The largest absolute Gasteiger partial charge is 0.385 e. The molecule has 5 rings (SSSR count). The fourth-order valence-electron chi connectivity index (χ4n) is 5.75. The minimum absolute atomic E-state index is 0.557. The SMILES string of the molecule is CCC1CN(c2ccc(C3=NN=C(N)C3)nc2C)CCN1C1CCN(Cc2ccc(Cl)cc2)CC1. The summed E-state index contributed by atoms with van der Waals surface area (Å²) in [5.41, 5.74) is 11.2. The second-order valence-corrected chi connectivity index (χ2v) is 10.4. The normalized spacial score (nSPS) is 22.4. The number of aryl methyl sites for hydroxylation is 1. The van der Waals surface area contributed by atoms with E-state index in [0.29, 0.717) is 24.3 Å². The Morgan fingerprint density at radius 3 is 2.43 bits per heavy atom. The van der Waals surface area contributed by atoms with Gasteiger partial charge in [0.2, 0.25) is 0 Å². The van der Waals surface area contributed by atoms with Gasteiger partial charge in [-0.3, -0.25) is 9.80 Å². The van der Waals surface area contributed by atoms with Crippen LogP contribution in [0.1, 0.15) is 49.6 Å². The van der Waals surface area contributed by atoms with Crippen molar-refractivity contribution < 1.29 is 0 Å². The smallest absolute Gasteiger partial charge is 0.128 e. The molecule has 1 atom stereocenters. The third-order valence-electron chi connectivity index (χ3n) is 7.69. The van der Waals surface area contributed by atoms with Gasteiger partial charge in [0.15, 0.2) is 0 Å². The molecule has 1 aromatic carbocycles. The number of benzene rings is 1. The molecule has 8 heteroatoms. The van der Waals surface area contributed by atoms with Crippen LogP contribution in [0.2, 0.25) is 5.02 Å². The Bertz CT molecular complexity index is 1090. The van der Waals surface area contributed by atoms with Gasteiger partial charge in [-0.1, -0.05) is 30.7 Å². The number of amidine groups is 1. The molecule has 7 nitrogen and oxygen atoms in total. The minimum Gasteiger partial charge on any atom is -0.385 e. The molecule has 0 saturated carbocycles. The van der Waals surface area contributed by atoms with E-state index in [2.05, 4.69) is 63.0 Å². The highest BCUT2D eigenvalue weighted by Gasteiger charge is 2.33. The van der Waals surface area contributed by atoms with Crippen molar-refractivity contribution in [3.05, 3.63) is 58.4 Å². The summed E-state index contributed by atoms with van der Waals surface area (Å²) in [6, 6.07) is 13.8. The van der Waals surface area contributed by atoms with Gasteiger partial charge in [0.1, 0.15) is 5.84 Å². The van der Waals surface area contributed by atoms with Crippen LogP contribution in [0.4, 0.5) is 5.69 Å². The van der Waals surface area contributed by atoms with Gasteiger partial charge in [-0.2, -0.15) is 5.10 Å². The monoisotopic (exact) mass is 493 g/mol. The molecule has 1 unspecified atom stereocenters. The Morgan fingerprint density at radius 1 is 1.00 bits per heavy atom. The van der Waals surface area contributed by atoms with Crippen LogP contribution in [0.3, 0.4) is 0 Å². The molecule has 2 aromatic rings. The molecule has 4 heterocycles. The average molecular weight is 494 g/mol. The summed E-state index contributed by atoms with van der Waals surface area (Å²) < 4.78 is 0. The Kier molecular flexibility index (Phi) is 7.37. The van der Waals surface area contributed by atoms with Crippen LogP contribution in [0.5, 0.6) is 0 Å². The molecule has 0 spiro atoms. The van der Waals surface area contributed by atoms with E-state index in [-0.39, 0.29) is 0 Å². The molecule has 0 bridgehead atoms. The maximum atomic E-state index is 6.04. The maximum Gasteiger partial charge on any atom is 0.128 e. The number of aromatic nitrogens is 1. The lowest BCUT2D eigenvalue weighted by Crippen LogP contribution is -2.58. The average Bonchev–Trinajstić information content (AvgIpc) is 3.32. The van der Waals surface area contributed by atoms with E-state index in [0.717, 1.165) is 61.4 Å². The molecule has 1 aromatic heterocycles. The van der Waals surface area contributed by atoms with Crippen LogP contribution in [0.25, 0.3) is 0 Å². The Hall–Kier alpha value is -2.48. The fraction of sp³-hybridized carbons (Fsp3) is 0.519. The van der Waals surface area contributed by atoms with Crippen LogP contribution < -0.4 is 10.6 Å². The molecule has 186 valence electrons. The maximum absolute atomic E-state index is 6.04. The molecule has 2 fully saturated rings. The molecule has 2 saturated heterocycles. The van der Waals surface area contributed by atoms with E-state index >= 15 is 0 Å². The molecule has 0 radical (unpaired) electrons. The van der Waals surface area contributed by atoms with Gasteiger partial charge >= 0.3 is 0 Å². The minimum atomic E-state index is 0.557. The lowest BCUT2D eigenvalue weighted by molar-refractivity contribution is 0.0612. The van der Waals surface area contributed by atoms with Gasteiger partial charge in [0.25, 0.3) is 0 Å². The standard InChI is InChI=1S/C27H36ClN7/c1-3-22-18-34(26-9-8-24(30-19(26)2)25-16-27(29)32-31-25)14-15-35(22)23-10-12-33(13-11-23)17-20-4-6-21(28)7-5-20/h4-9,22-23H,3,10-18H2,1-2H3,(H2,29,32). The summed E-state index contributed by atoms with van der Waals surface area (Å²) in [7, 11) is 0. The molecular weight excluding hydrogens is 458 g/mol. The van der Waals surface area contributed by atoms with Crippen LogP contribution in [0, 0.1) is 6.92 Å². The number of piperidine rings is 1. The predicted octanol–water partition coefficient (Wildman–Crippen LogP) is 4.07. The van der Waals surface area contributed by atoms with E-state index in [1.54, 1.807) is 0 Å². The second kappa shape index (κ2) is 10.6. The fourth-order valence-corrected chi connectivity index (χ4v) is 5.87. The van der Waals surface area contributed by atoms with E-state index in [4.69, 9.17) is 22.3 Å². The van der Waals surface area contributed by atoms with Crippen LogP contribution >= 0.6 is 11.6 Å². The molecule has 3 aliphatic rings. The van der Waals surface area contributed by atoms with Gasteiger partial charge in [-0.15, -0.1) is 5.10 Å². The highest BCUT2D eigenvalue weighted by molar-refractivity contribution is 6.30. The second-order valence-electron chi connectivity index (χ2n) is 10.00. The Morgan fingerprint density at radius 2 is 1.77 bits per heavy atom. The van der Waals surface area contributed by atoms with Crippen molar-refractivity contribution in [1.29, 1.82) is 0 Å². The third kappa shape index (κ3) is 5.52. The van der Waals surface area contributed by atoms with E-state index in [1.165, 1.54) is 30.5 Å². The van der Waals surface area contributed by atoms with Gasteiger partial charge in [-0.25, -0.2) is 4.98 Å². The first-order valence-electron chi connectivity index (χ1n) is 12.8. The number of rotatable bonds is 6. The molecular formula is C27H36ClN7. The summed E-state index contributed by atoms with van der Waals surface area (Å²) in [6.07, 6.45) is 4.24. The van der Waals surface area contributed by atoms with Crippen molar-refractivity contribution in [3.8, 4) is 0 Å². The number of pyridine rings is 1. The van der Waals surface area contributed by atoms with Crippen LogP contribution in [-0.2, 0) is 6.54 Å². The van der Waals surface area contributed by atoms with Crippen LogP contribution in [-0.4, -0.2) is 71.1 Å². The van der Waals surface area contributed by atoms with Gasteiger partial charge < -0.3 is 10.6 Å². The summed E-state index contributed by atoms with van der Waals surface area (Å²) >= 11 is 6.04. The molecule has 0 aliphatic carbocycles. The number of nitrogens with two attached hydrogens (primary N) is 1. The molecule has 2 N–H and O–H groups in total. The number of likely N-dealkylation sites (tertiary alicyclic amines) is 1. The quantitative estimate of drug-likeness (QED) is 0.656. The van der Waals surface area contributed by atoms with Gasteiger partial charge in [0.05, 0.1) is 29.2 Å². The molecule has 3 aliphatic heterocycles. The number of hydrogen-bond acceptors (Lipinski definition) is 7. The van der Waals surface area contributed by atoms with E-state index < -0.39 is 0 Å². The van der Waals surface area contributed by atoms with Gasteiger partial charge in [-0.05, 0) is 69.1 Å². The third-order valence-corrected chi connectivity index (χ3v) is 7.94. The van der Waals surface area contributed by atoms with E-state index in [9.17, 15) is 0 Å². The van der Waals surface area contributed by atoms with Crippen molar-refractivity contribution in [1.82, 2.24) is 14.8 Å². The summed E-state index contributed by atoms with van der Waals surface area (Å²) in [4.78, 5) is 12.7. The van der Waals surface area contributed by atoms with Crippen molar-refractivity contribution in [2.24, 2.45) is 15.9 Å². The highest BCUT2D eigenvalue weighted by Crippen LogP contribution is 2.28. The van der Waals surface area contributed by atoms with E-state index in [1.807, 2.05) is 12.1 Å². The zero-order chi connectivity index (χ0) is 24.4. The Balaban J connectivity index is 1.17. The van der Waals surface area contributed by atoms with Crippen molar-refractivity contribution in [2.45, 2.75) is 58.2 Å². The summed E-state index contributed by atoms with van der Waals surface area (Å²) in [6.45, 7) is 11.0. The predicted molar refractivity (Wildman–Crippen MR) is 144 cm³/mol. The number of piperazine rings is 1. The van der Waals surface area contributed by atoms with Gasteiger partial charge in [0, 0.05) is 43.3 Å². The number of hydrogen-bond donors (Lipinski definition) is 1. The lowest BCUT2D eigenvalue weighted by atomic mass is 9.97. The molecule has 0 amide bonds. The summed E-state index contributed by atoms with van der Waals surface area (Å²) in [5.74, 6) is 0.557. The first-order valence-corrected chi connectivity index (χ1v) is 13.2. The zero-order valence-corrected chi connectivity index (χ0v) is 21.6. The summed E-state index contributed by atoms with van der Waals surface area (Å²) in [5, 5.41) is 8.94. The van der Waals surface area contributed by atoms with Crippen molar-refractivity contribution in [2.75, 3.05) is 37.6 Å².